The molecule has 0 spiro atoms. The van der Waals surface area contributed by atoms with Crippen molar-refractivity contribution in [1.29, 1.82) is 0 Å². The van der Waals surface area contributed by atoms with Crippen molar-refractivity contribution in [3.05, 3.63) is 27.3 Å². The van der Waals surface area contributed by atoms with Crippen molar-refractivity contribution in [2.75, 3.05) is 18.4 Å². The van der Waals surface area contributed by atoms with Crippen LogP contribution in [0.5, 0.6) is 0 Å². The molecule has 0 aromatic heterocycles. The first-order valence-corrected chi connectivity index (χ1v) is 8.27. The molecule has 1 N–H and O–H groups in total. The largest absolute Gasteiger partial charge is 0.333 e. The number of amides is 2. The molecule has 2 rings (SSSR count). The molecule has 0 radical (unpaired) electrons. The molecule has 2 amide bonds. The zero-order valence-electron chi connectivity index (χ0n) is 12.0. The molecular weight excluding hydrogens is 405 g/mol. The van der Waals surface area contributed by atoms with Crippen molar-refractivity contribution in [3.63, 3.8) is 0 Å². The van der Waals surface area contributed by atoms with Gasteiger partial charge in [-0.15, -0.1) is 0 Å². The van der Waals surface area contributed by atoms with Gasteiger partial charge in [0.15, 0.2) is 0 Å². The summed E-state index contributed by atoms with van der Waals surface area (Å²) in [6.45, 7) is 0.454. The summed E-state index contributed by atoms with van der Waals surface area (Å²) in [7, 11) is 0. The minimum absolute atomic E-state index is 0.0465. The van der Waals surface area contributed by atoms with Crippen LogP contribution < -0.4 is 5.32 Å². The predicted octanol–water partition coefficient (Wildman–Crippen LogP) is 3.30. The maximum Gasteiger partial charge on any atom is 0.243 e. The third-order valence-electron chi connectivity index (χ3n) is 3.52. The van der Waals surface area contributed by atoms with Gasteiger partial charge in [-0.2, -0.15) is 0 Å². The Labute approximate surface area is 141 Å². The Bertz CT molecular complexity index is 558. The molecule has 1 saturated heterocycles. The molecule has 1 aliphatic rings. The fourth-order valence-electron chi connectivity index (χ4n) is 2.38. The Morgan fingerprint density at radius 1 is 1.18 bits per heavy atom. The van der Waals surface area contributed by atoms with E-state index in [0.717, 1.165) is 37.8 Å². The first-order valence-electron chi connectivity index (χ1n) is 7.19. The zero-order chi connectivity index (χ0) is 16.1. The minimum atomic E-state index is -0.724. The lowest BCUT2D eigenvalue weighted by Gasteiger charge is -2.24. The summed E-state index contributed by atoms with van der Waals surface area (Å²) in [5.41, 5.74) is 0.0555. The summed E-state index contributed by atoms with van der Waals surface area (Å²) in [6, 6.07) is 2.14. The first-order chi connectivity index (χ1) is 10.5. The van der Waals surface area contributed by atoms with Crippen molar-refractivity contribution in [2.45, 2.75) is 32.1 Å². The van der Waals surface area contributed by atoms with Crippen molar-refractivity contribution in [1.82, 2.24) is 4.90 Å². The predicted molar refractivity (Wildman–Crippen MR) is 87.4 cm³/mol. The van der Waals surface area contributed by atoms with Crippen LogP contribution in [-0.2, 0) is 9.59 Å². The summed E-state index contributed by atoms with van der Waals surface area (Å²) >= 11 is 1.56. The van der Waals surface area contributed by atoms with Gasteiger partial charge in [0.05, 0.1) is 10.1 Å². The van der Waals surface area contributed by atoms with Gasteiger partial charge < -0.3 is 10.2 Å². The number of benzene rings is 1. The summed E-state index contributed by atoms with van der Waals surface area (Å²) in [5.74, 6) is -1.94. The fourth-order valence-corrected chi connectivity index (χ4v) is 2.70. The molecule has 22 heavy (non-hydrogen) atoms. The summed E-state index contributed by atoms with van der Waals surface area (Å²) < 4.78 is 26.8. The zero-order valence-corrected chi connectivity index (χ0v) is 14.2. The van der Waals surface area contributed by atoms with E-state index in [4.69, 9.17) is 0 Å². The lowest BCUT2D eigenvalue weighted by Crippen LogP contribution is -2.39. The highest BCUT2D eigenvalue weighted by Gasteiger charge is 2.19. The number of carbonyl (C=O) groups excluding carboxylic acids is 2. The highest BCUT2D eigenvalue weighted by atomic mass is 127. The molecule has 1 aromatic rings. The van der Waals surface area contributed by atoms with Gasteiger partial charge in [-0.25, -0.2) is 8.78 Å². The Morgan fingerprint density at radius 2 is 1.82 bits per heavy atom. The smallest absolute Gasteiger partial charge is 0.243 e. The van der Waals surface area contributed by atoms with E-state index >= 15 is 0 Å². The minimum Gasteiger partial charge on any atom is -0.333 e. The van der Waals surface area contributed by atoms with Crippen LogP contribution in [0.25, 0.3) is 0 Å². The molecule has 0 atom stereocenters. The van der Waals surface area contributed by atoms with Crippen LogP contribution in [0.3, 0.4) is 0 Å². The molecule has 120 valence electrons. The molecule has 0 unspecified atom stereocenters. The van der Waals surface area contributed by atoms with Gasteiger partial charge in [0, 0.05) is 18.7 Å². The standard InChI is InChI=1S/C15H17F2IN2O2/c16-11-7-10(8-12(17)15(11)18)19-13(21)9-20-6-4-2-1-3-5-14(20)22/h7-8H,1-6,9H2,(H,19,21). The lowest BCUT2D eigenvalue weighted by molar-refractivity contribution is -0.135. The van der Waals surface area contributed by atoms with Gasteiger partial charge in [-0.3, -0.25) is 9.59 Å². The van der Waals surface area contributed by atoms with Crippen LogP contribution >= 0.6 is 22.6 Å². The van der Waals surface area contributed by atoms with Crippen molar-refractivity contribution in [3.8, 4) is 0 Å². The topological polar surface area (TPSA) is 49.4 Å². The quantitative estimate of drug-likeness (QED) is 0.601. The van der Waals surface area contributed by atoms with Gasteiger partial charge in [-0.05, 0) is 47.6 Å². The summed E-state index contributed by atoms with van der Waals surface area (Å²) in [5, 5.41) is 2.44. The Balaban J connectivity index is 1.98. The van der Waals surface area contributed by atoms with Crippen LogP contribution in [0.1, 0.15) is 32.1 Å². The number of hydrogen-bond acceptors (Lipinski definition) is 2. The number of rotatable bonds is 3. The second kappa shape index (κ2) is 7.85. The molecule has 0 bridgehead atoms. The van der Waals surface area contributed by atoms with Gasteiger partial charge in [0.1, 0.15) is 11.6 Å². The van der Waals surface area contributed by atoms with E-state index in [1.165, 1.54) is 4.90 Å². The van der Waals surface area contributed by atoms with E-state index in [1.807, 2.05) is 0 Å². The van der Waals surface area contributed by atoms with Crippen LogP contribution in [0.4, 0.5) is 14.5 Å². The number of nitrogens with zero attached hydrogens (tertiary/aromatic N) is 1. The van der Waals surface area contributed by atoms with E-state index in [-0.39, 0.29) is 21.7 Å². The number of likely N-dealkylation sites (tertiary alicyclic amines) is 1. The monoisotopic (exact) mass is 422 g/mol. The van der Waals surface area contributed by atoms with Crippen molar-refractivity contribution in [2.24, 2.45) is 0 Å². The third kappa shape index (κ3) is 4.62. The average Bonchev–Trinajstić information content (AvgIpc) is 2.44. The molecule has 1 fully saturated rings. The number of halogens is 3. The number of anilines is 1. The number of hydrogen-bond donors (Lipinski definition) is 1. The number of nitrogens with one attached hydrogen (secondary N) is 1. The van der Waals surface area contributed by atoms with E-state index in [9.17, 15) is 18.4 Å². The maximum absolute atomic E-state index is 13.4. The van der Waals surface area contributed by atoms with Crippen LogP contribution in [0, 0.1) is 15.2 Å². The Hall–Kier alpha value is -1.25. The van der Waals surface area contributed by atoms with Gasteiger partial charge in [-0.1, -0.05) is 12.8 Å². The van der Waals surface area contributed by atoms with E-state index < -0.39 is 17.5 Å². The maximum atomic E-state index is 13.4. The molecule has 7 heteroatoms. The lowest BCUT2D eigenvalue weighted by atomic mass is 10.1. The van der Waals surface area contributed by atoms with Gasteiger partial charge in [0.25, 0.3) is 0 Å². The average molecular weight is 422 g/mol. The molecule has 4 nitrogen and oxygen atoms in total. The number of carbonyl (C=O) groups is 2. The SMILES string of the molecule is O=C(CN1CCCCCCC1=O)Nc1cc(F)c(I)c(F)c1. The summed E-state index contributed by atoms with van der Waals surface area (Å²) in [6.07, 6.45) is 4.22. The molecule has 1 aliphatic heterocycles. The van der Waals surface area contributed by atoms with Gasteiger partial charge >= 0.3 is 0 Å². The Morgan fingerprint density at radius 3 is 2.50 bits per heavy atom. The summed E-state index contributed by atoms with van der Waals surface area (Å²) in [4.78, 5) is 25.4. The van der Waals surface area contributed by atoms with E-state index in [0.29, 0.717) is 13.0 Å². The van der Waals surface area contributed by atoms with Crippen LogP contribution in [0.15, 0.2) is 12.1 Å². The second-order valence-electron chi connectivity index (χ2n) is 5.28. The van der Waals surface area contributed by atoms with Gasteiger partial charge in [0.2, 0.25) is 11.8 Å². The van der Waals surface area contributed by atoms with Crippen LogP contribution in [0.2, 0.25) is 0 Å². The molecule has 0 saturated carbocycles. The second-order valence-corrected chi connectivity index (χ2v) is 6.36. The van der Waals surface area contributed by atoms with E-state index in [1.54, 1.807) is 22.6 Å². The van der Waals surface area contributed by atoms with Crippen LogP contribution in [-0.4, -0.2) is 29.8 Å². The highest BCUT2D eigenvalue weighted by Crippen LogP contribution is 2.20. The Kier molecular flexibility index (Phi) is 6.10. The van der Waals surface area contributed by atoms with Crippen molar-refractivity contribution < 1.29 is 18.4 Å². The van der Waals surface area contributed by atoms with Crippen molar-refractivity contribution >= 4 is 40.1 Å². The molecule has 0 aliphatic carbocycles. The normalized spacial score (nSPS) is 16.1. The fraction of sp³-hybridized carbons (Fsp3) is 0.467. The first kappa shape index (κ1) is 17.1. The highest BCUT2D eigenvalue weighted by molar-refractivity contribution is 14.1. The molecular formula is C15H17F2IN2O2. The van der Waals surface area contributed by atoms with E-state index in [2.05, 4.69) is 5.32 Å². The molecule has 1 heterocycles. The third-order valence-corrected chi connectivity index (χ3v) is 4.55. The molecule has 1 aromatic carbocycles.